The van der Waals surface area contributed by atoms with Crippen molar-refractivity contribution < 1.29 is 4.79 Å². The molecule has 18 heavy (non-hydrogen) atoms. The van der Waals surface area contributed by atoms with E-state index in [1.807, 2.05) is 17.7 Å². The lowest BCUT2D eigenvalue weighted by Gasteiger charge is -2.38. The molecule has 2 aromatic heterocycles. The molecule has 1 amide bonds. The van der Waals surface area contributed by atoms with Crippen LogP contribution < -0.4 is 0 Å². The maximum Gasteiger partial charge on any atom is 0.270 e. The summed E-state index contributed by atoms with van der Waals surface area (Å²) in [5.74, 6) is 0.00319. The van der Waals surface area contributed by atoms with Gasteiger partial charge in [-0.25, -0.2) is 4.98 Å². The van der Waals surface area contributed by atoms with Crippen molar-refractivity contribution in [2.75, 3.05) is 13.6 Å². The van der Waals surface area contributed by atoms with E-state index in [9.17, 15) is 4.79 Å². The Morgan fingerprint density at radius 3 is 2.89 bits per heavy atom. The molecule has 1 aliphatic rings. The highest BCUT2D eigenvalue weighted by Crippen LogP contribution is 2.31. The van der Waals surface area contributed by atoms with Crippen molar-refractivity contribution in [3.63, 3.8) is 0 Å². The molecule has 0 bridgehead atoms. The van der Waals surface area contributed by atoms with Crippen LogP contribution >= 0.6 is 11.6 Å². The number of nitrogens with zero attached hydrogens (tertiary/aromatic N) is 4. The van der Waals surface area contributed by atoms with Crippen molar-refractivity contribution in [1.29, 1.82) is 0 Å². The molecular weight excluding hydrogens is 252 g/mol. The number of rotatable bonds is 0. The molecule has 0 saturated carbocycles. The maximum absolute atomic E-state index is 12.2. The molecule has 0 spiro atoms. The Kier molecular flexibility index (Phi) is 2.20. The summed E-state index contributed by atoms with van der Waals surface area (Å²) >= 11 is 5.85. The Labute approximate surface area is 109 Å². The zero-order valence-electron chi connectivity index (χ0n) is 10.4. The van der Waals surface area contributed by atoms with Crippen LogP contribution in [-0.2, 0) is 5.54 Å². The van der Waals surface area contributed by atoms with E-state index < -0.39 is 0 Å². The van der Waals surface area contributed by atoms with Crippen LogP contribution in [0.5, 0.6) is 0 Å². The van der Waals surface area contributed by atoms with Crippen molar-refractivity contribution in [2.45, 2.75) is 19.4 Å². The van der Waals surface area contributed by atoms with Gasteiger partial charge >= 0.3 is 0 Å². The van der Waals surface area contributed by atoms with Crippen LogP contribution in [0.25, 0.3) is 11.0 Å². The summed E-state index contributed by atoms with van der Waals surface area (Å²) in [6, 6.07) is 1.82. The average Bonchev–Trinajstić information content (AvgIpc) is 2.65. The van der Waals surface area contributed by atoms with E-state index in [4.69, 9.17) is 11.6 Å². The molecule has 0 saturated heterocycles. The number of amides is 1. The van der Waals surface area contributed by atoms with Gasteiger partial charge in [-0.1, -0.05) is 0 Å². The van der Waals surface area contributed by atoms with E-state index >= 15 is 0 Å². The smallest absolute Gasteiger partial charge is 0.270 e. The van der Waals surface area contributed by atoms with E-state index in [-0.39, 0.29) is 16.7 Å². The number of likely N-dealkylation sites (N-methyl/N-ethyl adjacent to an activating group) is 1. The van der Waals surface area contributed by atoms with Crippen LogP contribution in [0.4, 0.5) is 0 Å². The van der Waals surface area contributed by atoms with Crippen molar-refractivity contribution in [3.8, 4) is 0 Å². The van der Waals surface area contributed by atoms with Gasteiger partial charge in [0.05, 0.1) is 5.54 Å². The largest absolute Gasteiger partial charge is 0.338 e. The first-order chi connectivity index (χ1) is 8.40. The second kappa shape index (κ2) is 3.45. The van der Waals surface area contributed by atoms with E-state index in [1.54, 1.807) is 11.1 Å². The SMILES string of the molecule is CN1CC(C)(C)n2c(cc3cnc(Cl)nc32)C1=O. The topological polar surface area (TPSA) is 51.0 Å². The molecular formula is C12H13ClN4O. The Balaban J connectivity index is 2.39. The number of halogens is 1. The standard InChI is InChI=1S/C12H13ClN4O/c1-12(2)6-16(3)10(18)8-4-7-5-14-11(13)15-9(7)17(8)12/h4-5H,6H2,1-3H3. The summed E-state index contributed by atoms with van der Waals surface area (Å²) in [5, 5.41) is 1.04. The van der Waals surface area contributed by atoms with Crippen LogP contribution in [0.15, 0.2) is 12.3 Å². The summed E-state index contributed by atoms with van der Waals surface area (Å²) in [6.45, 7) is 4.80. The molecule has 6 heteroatoms. The van der Waals surface area contributed by atoms with E-state index in [0.717, 1.165) is 11.0 Å². The molecule has 1 aliphatic heterocycles. The lowest BCUT2D eigenvalue weighted by Crippen LogP contribution is -2.48. The van der Waals surface area contributed by atoms with Crippen molar-refractivity contribution >= 4 is 28.5 Å². The second-order valence-corrected chi connectivity index (χ2v) is 5.59. The van der Waals surface area contributed by atoms with Gasteiger partial charge in [0.25, 0.3) is 5.91 Å². The zero-order valence-corrected chi connectivity index (χ0v) is 11.2. The van der Waals surface area contributed by atoms with Gasteiger partial charge in [-0.15, -0.1) is 0 Å². The normalized spacial score (nSPS) is 18.2. The van der Waals surface area contributed by atoms with Crippen LogP contribution in [0, 0.1) is 0 Å². The number of aromatic nitrogens is 3. The highest BCUT2D eigenvalue weighted by atomic mass is 35.5. The Hall–Kier alpha value is -1.62. The summed E-state index contributed by atoms with van der Waals surface area (Å²) in [4.78, 5) is 22.1. The molecule has 0 aliphatic carbocycles. The minimum atomic E-state index is -0.211. The van der Waals surface area contributed by atoms with Gasteiger partial charge in [-0.05, 0) is 31.5 Å². The summed E-state index contributed by atoms with van der Waals surface area (Å²) in [6.07, 6.45) is 1.65. The molecule has 0 unspecified atom stereocenters. The van der Waals surface area contributed by atoms with Gasteiger partial charge < -0.3 is 9.47 Å². The molecule has 0 aromatic carbocycles. The Morgan fingerprint density at radius 1 is 1.44 bits per heavy atom. The predicted octanol–water partition coefficient (Wildman–Crippen LogP) is 1.91. The van der Waals surface area contributed by atoms with Crippen LogP contribution in [0.2, 0.25) is 5.28 Å². The minimum Gasteiger partial charge on any atom is -0.338 e. The molecule has 2 aromatic rings. The third-order valence-electron chi connectivity index (χ3n) is 3.31. The first kappa shape index (κ1) is 11.5. The van der Waals surface area contributed by atoms with E-state index in [0.29, 0.717) is 12.2 Å². The lowest BCUT2D eigenvalue weighted by molar-refractivity contribution is 0.0660. The van der Waals surface area contributed by atoms with Gasteiger partial charge in [0.1, 0.15) is 11.3 Å². The molecule has 0 fully saturated rings. The lowest BCUT2D eigenvalue weighted by atomic mass is 10.0. The molecule has 5 nitrogen and oxygen atoms in total. The van der Waals surface area contributed by atoms with Gasteiger partial charge in [0.2, 0.25) is 5.28 Å². The van der Waals surface area contributed by atoms with Gasteiger partial charge in [-0.2, -0.15) is 4.98 Å². The summed E-state index contributed by atoms with van der Waals surface area (Å²) < 4.78 is 1.96. The molecule has 3 rings (SSSR count). The quantitative estimate of drug-likeness (QED) is 0.683. The highest BCUT2D eigenvalue weighted by Gasteiger charge is 2.36. The number of carbonyl (C=O) groups excluding carboxylic acids is 1. The monoisotopic (exact) mass is 264 g/mol. The zero-order chi connectivity index (χ0) is 13.1. The van der Waals surface area contributed by atoms with E-state index in [2.05, 4.69) is 23.8 Å². The molecule has 0 atom stereocenters. The van der Waals surface area contributed by atoms with Gasteiger partial charge in [-0.3, -0.25) is 4.79 Å². The van der Waals surface area contributed by atoms with Crippen molar-refractivity contribution in [2.24, 2.45) is 0 Å². The Morgan fingerprint density at radius 2 is 2.17 bits per heavy atom. The van der Waals surface area contributed by atoms with Crippen molar-refractivity contribution in [1.82, 2.24) is 19.4 Å². The average molecular weight is 265 g/mol. The fourth-order valence-corrected chi connectivity index (χ4v) is 2.79. The van der Waals surface area contributed by atoms with Crippen LogP contribution in [0.3, 0.4) is 0 Å². The first-order valence-electron chi connectivity index (χ1n) is 5.70. The van der Waals surface area contributed by atoms with Crippen LogP contribution in [0.1, 0.15) is 24.3 Å². The van der Waals surface area contributed by atoms with Gasteiger partial charge in [0, 0.05) is 25.2 Å². The summed E-state index contributed by atoms with van der Waals surface area (Å²) in [5.41, 5.74) is 1.15. The van der Waals surface area contributed by atoms with E-state index in [1.165, 1.54) is 0 Å². The number of hydrogen-bond acceptors (Lipinski definition) is 3. The third kappa shape index (κ3) is 1.43. The highest BCUT2D eigenvalue weighted by molar-refractivity contribution is 6.28. The molecule has 0 radical (unpaired) electrons. The molecule has 94 valence electrons. The number of hydrogen-bond donors (Lipinski definition) is 0. The molecule has 3 heterocycles. The summed E-state index contributed by atoms with van der Waals surface area (Å²) in [7, 11) is 1.81. The second-order valence-electron chi connectivity index (χ2n) is 5.26. The van der Waals surface area contributed by atoms with Gasteiger partial charge in [0.15, 0.2) is 0 Å². The number of fused-ring (bicyclic) bond motifs is 3. The maximum atomic E-state index is 12.2. The van der Waals surface area contributed by atoms with Crippen LogP contribution in [-0.4, -0.2) is 38.9 Å². The van der Waals surface area contributed by atoms with Crippen molar-refractivity contribution in [3.05, 3.63) is 23.2 Å². The Bertz CT molecular complexity index is 661. The fourth-order valence-electron chi connectivity index (χ4n) is 2.66. The number of carbonyl (C=O) groups is 1. The first-order valence-corrected chi connectivity index (χ1v) is 6.08. The minimum absolute atomic E-state index is 0.00319. The fraction of sp³-hybridized carbons (Fsp3) is 0.417. The molecule has 0 N–H and O–H groups in total. The predicted molar refractivity (Wildman–Crippen MR) is 68.8 cm³/mol. The third-order valence-corrected chi connectivity index (χ3v) is 3.49.